The van der Waals surface area contributed by atoms with Crippen molar-refractivity contribution < 1.29 is 19.4 Å². The first kappa shape index (κ1) is 21.2. The standard InChI is InChI=1S/C21H27N3O4/c1-14(2)23-21(27)24-17-9-7-16(8-10-17)20(26)22-12-18(25)13-28-19-6-4-5-15(3)11-19/h4-11,14,18,25H,12-13H2,1-3H3,(H,22,26)(H2,23,24,27). The number of nitrogens with one attached hydrogen (secondary N) is 3. The molecule has 1 unspecified atom stereocenters. The summed E-state index contributed by atoms with van der Waals surface area (Å²) in [6, 6.07) is 13.8. The van der Waals surface area contributed by atoms with Crippen LogP contribution in [-0.4, -0.2) is 42.3 Å². The molecule has 0 aliphatic rings. The van der Waals surface area contributed by atoms with Crippen molar-refractivity contribution in [1.82, 2.24) is 10.6 Å². The predicted molar refractivity (Wildman–Crippen MR) is 109 cm³/mol. The van der Waals surface area contributed by atoms with E-state index in [2.05, 4.69) is 16.0 Å². The van der Waals surface area contributed by atoms with E-state index in [1.807, 2.05) is 45.0 Å². The van der Waals surface area contributed by atoms with Gasteiger partial charge < -0.3 is 25.8 Å². The highest BCUT2D eigenvalue weighted by Crippen LogP contribution is 2.12. The molecule has 0 aliphatic heterocycles. The molecule has 0 aromatic heterocycles. The second-order valence-electron chi connectivity index (χ2n) is 6.82. The highest BCUT2D eigenvalue weighted by molar-refractivity contribution is 5.95. The average molecular weight is 385 g/mol. The minimum Gasteiger partial charge on any atom is -0.491 e. The lowest BCUT2D eigenvalue weighted by Crippen LogP contribution is -2.35. The van der Waals surface area contributed by atoms with Crippen LogP contribution in [0.15, 0.2) is 48.5 Å². The lowest BCUT2D eigenvalue weighted by atomic mass is 10.2. The fourth-order valence-corrected chi connectivity index (χ4v) is 2.40. The SMILES string of the molecule is Cc1cccc(OCC(O)CNC(=O)c2ccc(NC(=O)NC(C)C)cc2)c1. The molecule has 0 fully saturated rings. The third-order valence-corrected chi connectivity index (χ3v) is 3.75. The molecule has 0 heterocycles. The van der Waals surface area contributed by atoms with Gasteiger partial charge in [0.1, 0.15) is 18.5 Å². The van der Waals surface area contributed by atoms with Crippen molar-refractivity contribution in [2.24, 2.45) is 0 Å². The average Bonchev–Trinajstić information content (AvgIpc) is 2.64. The number of aliphatic hydroxyl groups is 1. The number of rotatable bonds is 8. The molecule has 0 bridgehead atoms. The first-order valence-corrected chi connectivity index (χ1v) is 9.17. The quantitative estimate of drug-likeness (QED) is 0.561. The Morgan fingerprint density at radius 3 is 2.46 bits per heavy atom. The molecule has 0 radical (unpaired) electrons. The monoisotopic (exact) mass is 385 g/mol. The van der Waals surface area contributed by atoms with Gasteiger partial charge in [-0.1, -0.05) is 12.1 Å². The molecule has 2 aromatic rings. The van der Waals surface area contributed by atoms with E-state index in [9.17, 15) is 14.7 Å². The molecule has 7 heteroatoms. The van der Waals surface area contributed by atoms with Gasteiger partial charge in [0.25, 0.3) is 5.91 Å². The van der Waals surface area contributed by atoms with Gasteiger partial charge in [0.2, 0.25) is 0 Å². The molecular weight excluding hydrogens is 358 g/mol. The predicted octanol–water partition coefficient (Wildman–Crippen LogP) is 2.69. The second kappa shape index (κ2) is 10.3. The molecule has 7 nitrogen and oxygen atoms in total. The van der Waals surface area contributed by atoms with Crippen LogP contribution in [0, 0.1) is 6.92 Å². The Hall–Kier alpha value is -3.06. The Morgan fingerprint density at radius 1 is 1.11 bits per heavy atom. The lowest BCUT2D eigenvalue weighted by Gasteiger charge is -2.14. The van der Waals surface area contributed by atoms with Crippen LogP contribution in [0.25, 0.3) is 0 Å². The molecule has 150 valence electrons. The second-order valence-corrected chi connectivity index (χ2v) is 6.82. The van der Waals surface area contributed by atoms with E-state index < -0.39 is 6.10 Å². The van der Waals surface area contributed by atoms with E-state index in [4.69, 9.17) is 4.74 Å². The maximum atomic E-state index is 12.2. The molecule has 0 saturated heterocycles. The van der Waals surface area contributed by atoms with Crippen molar-refractivity contribution in [3.8, 4) is 5.75 Å². The number of urea groups is 1. The lowest BCUT2D eigenvalue weighted by molar-refractivity contribution is 0.0843. The Morgan fingerprint density at radius 2 is 1.82 bits per heavy atom. The van der Waals surface area contributed by atoms with Crippen LogP contribution >= 0.6 is 0 Å². The van der Waals surface area contributed by atoms with E-state index in [1.165, 1.54) is 0 Å². The molecule has 28 heavy (non-hydrogen) atoms. The number of carbonyl (C=O) groups excluding carboxylic acids is 2. The summed E-state index contributed by atoms with van der Waals surface area (Å²) in [4.78, 5) is 23.8. The van der Waals surface area contributed by atoms with E-state index >= 15 is 0 Å². The number of hydrogen-bond acceptors (Lipinski definition) is 4. The van der Waals surface area contributed by atoms with Gasteiger partial charge in [0, 0.05) is 23.8 Å². The van der Waals surface area contributed by atoms with Crippen molar-refractivity contribution in [3.63, 3.8) is 0 Å². The molecule has 4 N–H and O–H groups in total. The van der Waals surface area contributed by atoms with Crippen LogP contribution in [0.5, 0.6) is 5.75 Å². The fourth-order valence-electron chi connectivity index (χ4n) is 2.40. The zero-order valence-corrected chi connectivity index (χ0v) is 16.4. The minimum absolute atomic E-state index is 0.0337. The van der Waals surface area contributed by atoms with Crippen LogP contribution in [0.1, 0.15) is 29.8 Å². The third-order valence-electron chi connectivity index (χ3n) is 3.75. The summed E-state index contributed by atoms with van der Waals surface area (Å²) >= 11 is 0. The van der Waals surface area contributed by atoms with E-state index in [-0.39, 0.29) is 31.1 Å². The normalized spacial score (nSPS) is 11.6. The molecule has 3 amide bonds. The maximum absolute atomic E-state index is 12.2. The van der Waals surface area contributed by atoms with Gasteiger partial charge in [-0.2, -0.15) is 0 Å². The summed E-state index contributed by atoms with van der Waals surface area (Å²) in [7, 11) is 0. The van der Waals surface area contributed by atoms with Gasteiger partial charge in [-0.3, -0.25) is 4.79 Å². The number of benzene rings is 2. The zero-order chi connectivity index (χ0) is 20.5. The highest BCUT2D eigenvalue weighted by Gasteiger charge is 2.11. The van der Waals surface area contributed by atoms with Gasteiger partial charge in [0.05, 0.1) is 0 Å². The number of ether oxygens (including phenoxy) is 1. The van der Waals surface area contributed by atoms with Gasteiger partial charge in [-0.15, -0.1) is 0 Å². The number of aliphatic hydroxyl groups excluding tert-OH is 1. The number of aryl methyl sites for hydroxylation is 1. The number of anilines is 1. The van der Waals surface area contributed by atoms with E-state index in [1.54, 1.807) is 24.3 Å². The summed E-state index contributed by atoms with van der Waals surface area (Å²) in [5.74, 6) is 0.364. The van der Waals surface area contributed by atoms with Crippen LogP contribution in [0.4, 0.5) is 10.5 Å². The van der Waals surface area contributed by atoms with Gasteiger partial charge in [-0.25, -0.2) is 4.79 Å². The number of hydrogen-bond donors (Lipinski definition) is 4. The smallest absolute Gasteiger partial charge is 0.319 e. The van der Waals surface area contributed by atoms with Gasteiger partial charge in [0.15, 0.2) is 0 Å². The first-order chi connectivity index (χ1) is 13.3. The minimum atomic E-state index is -0.829. The Balaban J connectivity index is 1.76. The van der Waals surface area contributed by atoms with Crippen LogP contribution < -0.4 is 20.7 Å². The fraction of sp³-hybridized carbons (Fsp3) is 0.333. The van der Waals surface area contributed by atoms with Crippen molar-refractivity contribution >= 4 is 17.6 Å². The molecular formula is C21H27N3O4. The summed E-state index contributed by atoms with van der Waals surface area (Å²) in [6.45, 7) is 5.85. The maximum Gasteiger partial charge on any atom is 0.319 e. The van der Waals surface area contributed by atoms with Gasteiger partial charge in [-0.05, 0) is 62.7 Å². The Bertz CT molecular complexity index is 790. The van der Waals surface area contributed by atoms with Crippen molar-refractivity contribution in [2.45, 2.75) is 32.9 Å². The zero-order valence-electron chi connectivity index (χ0n) is 16.4. The van der Waals surface area contributed by atoms with Crippen molar-refractivity contribution in [3.05, 3.63) is 59.7 Å². The Kier molecular flexibility index (Phi) is 7.83. The van der Waals surface area contributed by atoms with Gasteiger partial charge >= 0.3 is 6.03 Å². The molecule has 2 rings (SSSR count). The first-order valence-electron chi connectivity index (χ1n) is 9.17. The van der Waals surface area contributed by atoms with Crippen molar-refractivity contribution in [1.29, 1.82) is 0 Å². The van der Waals surface area contributed by atoms with Crippen LogP contribution in [0.2, 0.25) is 0 Å². The molecule has 1 atom stereocenters. The molecule has 2 aromatic carbocycles. The van der Waals surface area contributed by atoms with Crippen molar-refractivity contribution in [2.75, 3.05) is 18.5 Å². The summed E-state index contributed by atoms with van der Waals surface area (Å²) in [5.41, 5.74) is 2.09. The third kappa shape index (κ3) is 7.28. The molecule has 0 saturated carbocycles. The summed E-state index contributed by atoms with van der Waals surface area (Å²) in [5, 5.41) is 18.1. The van der Waals surface area contributed by atoms with E-state index in [0.717, 1.165) is 5.56 Å². The molecule has 0 spiro atoms. The summed E-state index contributed by atoms with van der Waals surface area (Å²) < 4.78 is 5.52. The topological polar surface area (TPSA) is 99.7 Å². The highest BCUT2D eigenvalue weighted by atomic mass is 16.5. The number of carbonyl (C=O) groups is 2. The number of amides is 3. The molecule has 0 aliphatic carbocycles. The Labute approximate surface area is 165 Å². The largest absolute Gasteiger partial charge is 0.491 e. The van der Waals surface area contributed by atoms with Crippen LogP contribution in [0.3, 0.4) is 0 Å². The van der Waals surface area contributed by atoms with Crippen LogP contribution in [-0.2, 0) is 0 Å². The summed E-state index contributed by atoms with van der Waals surface area (Å²) in [6.07, 6.45) is -0.829. The van der Waals surface area contributed by atoms with E-state index in [0.29, 0.717) is 17.0 Å².